The lowest BCUT2D eigenvalue weighted by Gasteiger charge is -2.13. The number of carbonyl (C=O) groups is 2. The topological polar surface area (TPSA) is 75.4 Å². The van der Waals surface area contributed by atoms with Gasteiger partial charge in [-0.15, -0.1) is 0 Å². The number of aryl methyl sites for hydroxylation is 1. The number of benzene rings is 1. The van der Waals surface area contributed by atoms with Gasteiger partial charge in [0.25, 0.3) is 5.91 Å². The molecule has 2 heterocycles. The number of carbonyl (C=O) groups excluding carboxylic acids is 2. The smallest absolute Gasteiger partial charge is 0.266 e. The molecule has 0 radical (unpaired) electrons. The largest absolute Gasteiger partial charge is 0.360 e. The summed E-state index contributed by atoms with van der Waals surface area (Å²) in [5.41, 5.74) is 0.983. The van der Waals surface area contributed by atoms with Gasteiger partial charge < -0.3 is 9.84 Å². The van der Waals surface area contributed by atoms with Crippen LogP contribution in [0.3, 0.4) is 0 Å². The maximum Gasteiger partial charge on any atom is 0.266 e. The summed E-state index contributed by atoms with van der Waals surface area (Å²) in [5, 5.41) is 6.43. The van der Waals surface area contributed by atoms with E-state index in [1.807, 2.05) is 36.4 Å². The third-order valence-corrected chi connectivity index (χ3v) is 5.53. The summed E-state index contributed by atoms with van der Waals surface area (Å²) in [6, 6.07) is 11.4. The van der Waals surface area contributed by atoms with Gasteiger partial charge in [-0.2, -0.15) is 0 Å². The van der Waals surface area contributed by atoms with Crippen molar-refractivity contribution in [3.8, 4) is 0 Å². The number of anilines is 1. The average molecular weight is 416 g/mol. The van der Waals surface area contributed by atoms with Crippen molar-refractivity contribution < 1.29 is 14.1 Å². The molecule has 1 fully saturated rings. The minimum Gasteiger partial charge on any atom is -0.360 e. The number of aromatic nitrogens is 1. The van der Waals surface area contributed by atoms with Crippen molar-refractivity contribution in [3.05, 3.63) is 52.6 Å². The Morgan fingerprint density at radius 2 is 2.07 bits per heavy atom. The Morgan fingerprint density at radius 1 is 1.29 bits per heavy atom. The number of hydrogen-bond donors (Lipinski definition) is 1. The normalized spacial score (nSPS) is 15.5. The summed E-state index contributed by atoms with van der Waals surface area (Å²) in [5.74, 6) is 0.952. The number of thioether (sulfide) groups is 1. The quantitative estimate of drug-likeness (QED) is 0.392. The maximum absolute atomic E-state index is 12.6. The molecule has 8 heteroatoms. The summed E-state index contributed by atoms with van der Waals surface area (Å²) in [6.07, 6.45) is 4.63. The van der Waals surface area contributed by atoms with Crippen molar-refractivity contribution in [2.45, 2.75) is 32.6 Å². The number of unbranched alkanes of at least 4 members (excludes halogenated alkanes) is 2. The number of thiocarbonyl (C=S) groups is 1. The highest BCUT2D eigenvalue weighted by atomic mass is 32.2. The highest BCUT2D eigenvalue weighted by Crippen LogP contribution is 2.32. The molecule has 0 bridgehead atoms. The van der Waals surface area contributed by atoms with E-state index in [-0.39, 0.29) is 11.8 Å². The molecule has 1 saturated heterocycles. The van der Waals surface area contributed by atoms with Crippen LogP contribution in [0.2, 0.25) is 0 Å². The maximum atomic E-state index is 12.6. The molecule has 2 aromatic rings. The summed E-state index contributed by atoms with van der Waals surface area (Å²) in [7, 11) is 0. The molecule has 3 rings (SSSR count). The first kappa shape index (κ1) is 20.3. The number of rotatable bonds is 8. The Morgan fingerprint density at radius 3 is 2.79 bits per heavy atom. The van der Waals surface area contributed by atoms with Crippen LogP contribution < -0.4 is 5.32 Å². The average Bonchev–Trinajstić information content (AvgIpc) is 3.19. The Bertz CT molecular complexity index is 893. The van der Waals surface area contributed by atoms with Crippen molar-refractivity contribution in [1.82, 2.24) is 10.1 Å². The second kappa shape index (κ2) is 9.66. The molecule has 2 amide bonds. The molecule has 1 aromatic carbocycles. The van der Waals surface area contributed by atoms with E-state index in [0.29, 0.717) is 33.8 Å². The van der Waals surface area contributed by atoms with Crippen LogP contribution in [0.4, 0.5) is 5.82 Å². The molecule has 0 spiro atoms. The molecule has 1 N–H and O–H groups in total. The number of nitrogens with zero attached hydrogens (tertiary/aromatic N) is 2. The first-order valence-corrected chi connectivity index (χ1v) is 10.3. The minimum atomic E-state index is -0.0929. The SMILES string of the molecule is Cc1cc(NC(=O)CCCCCN2C(=O)C(=Cc3ccccc3)SC2=S)no1. The zero-order valence-electron chi connectivity index (χ0n) is 15.5. The fourth-order valence-electron chi connectivity index (χ4n) is 2.76. The fourth-order valence-corrected chi connectivity index (χ4v) is 4.06. The van der Waals surface area contributed by atoms with Crippen LogP contribution in [-0.4, -0.2) is 32.7 Å². The van der Waals surface area contributed by atoms with Crippen molar-refractivity contribution >= 4 is 52.0 Å². The highest BCUT2D eigenvalue weighted by molar-refractivity contribution is 8.26. The lowest BCUT2D eigenvalue weighted by Crippen LogP contribution is -2.29. The van der Waals surface area contributed by atoms with Gasteiger partial charge in [0.2, 0.25) is 5.91 Å². The van der Waals surface area contributed by atoms with E-state index < -0.39 is 0 Å². The molecule has 1 aliphatic heterocycles. The van der Waals surface area contributed by atoms with Crippen molar-refractivity contribution in [2.24, 2.45) is 0 Å². The van der Waals surface area contributed by atoms with Crippen LogP contribution in [-0.2, 0) is 9.59 Å². The van der Waals surface area contributed by atoms with Crippen molar-refractivity contribution in [3.63, 3.8) is 0 Å². The Kier molecular flexibility index (Phi) is 7.00. The van der Waals surface area contributed by atoms with Crippen LogP contribution in [0.5, 0.6) is 0 Å². The summed E-state index contributed by atoms with van der Waals surface area (Å²) >= 11 is 6.69. The van der Waals surface area contributed by atoms with Gasteiger partial charge in [0.15, 0.2) is 5.82 Å². The van der Waals surface area contributed by atoms with Gasteiger partial charge >= 0.3 is 0 Å². The van der Waals surface area contributed by atoms with Crippen LogP contribution in [0.1, 0.15) is 37.0 Å². The monoisotopic (exact) mass is 415 g/mol. The molecule has 1 aromatic heterocycles. The van der Waals surface area contributed by atoms with Crippen LogP contribution in [0.15, 0.2) is 45.8 Å². The molecule has 0 saturated carbocycles. The molecular weight excluding hydrogens is 394 g/mol. The van der Waals surface area contributed by atoms with Gasteiger partial charge in [-0.25, -0.2) is 0 Å². The number of amides is 2. The Labute approximate surface area is 173 Å². The first-order valence-electron chi connectivity index (χ1n) is 9.06. The first-order chi connectivity index (χ1) is 13.5. The summed E-state index contributed by atoms with van der Waals surface area (Å²) in [6.45, 7) is 2.34. The molecule has 146 valence electrons. The van der Waals surface area contributed by atoms with E-state index in [2.05, 4.69) is 10.5 Å². The Balaban J connectivity index is 1.40. The standard InChI is InChI=1S/C20H21N3O3S2/c1-14-12-17(22-26-14)21-18(24)10-6-3-7-11-23-19(25)16(28-20(23)27)13-15-8-4-2-5-9-15/h2,4-5,8-9,12-13H,3,6-7,10-11H2,1H3,(H,21,22,24). The van der Waals surface area contributed by atoms with E-state index >= 15 is 0 Å². The predicted molar refractivity (Wildman–Crippen MR) is 115 cm³/mol. The molecule has 1 aliphatic rings. The molecular formula is C20H21N3O3S2. The molecule has 0 atom stereocenters. The van der Waals surface area contributed by atoms with Crippen LogP contribution >= 0.6 is 24.0 Å². The minimum absolute atomic E-state index is 0.0435. The van der Waals surface area contributed by atoms with E-state index in [0.717, 1.165) is 24.8 Å². The van der Waals surface area contributed by atoms with Crippen molar-refractivity contribution in [1.29, 1.82) is 0 Å². The van der Waals surface area contributed by atoms with Gasteiger partial charge in [0.05, 0.1) is 4.91 Å². The lowest BCUT2D eigenvalue weighted by atomic mass is 10.1. The van der Waals surface area contributed by atoms with Crippen molar-refractivity contribution in [2.75, 3.05) is 11.9 Å². The van der Waals surface area contributed by atoms with E-state index in [9.17, 15) is 9.59 Å². The number of hydrogen-bond acceptors (Lipinski definition) is 6. The molecule has 28 heavy (non-hydrogen) atoms. The second-order valence-electron chi connectivity index (χ2n) is 6.43. The van der Waals surface area contributed by atoms with Gasteiger partial charge in [0, 0.05) is 19.0 Å². The van der Waals surface area contributed by atoms with Gasteiger partial charge in [-0.05, 0) is 31.4 Å². The molecule has 0 unspecified atom stereocenters. The van der Waals surface area contributed by atoms with Crippen LogP contribution in [0, 0.1) is 6.92 Å². The summed E-state index contributed by atoms with van der Waals surface area (Å²) in [4.78, 5) is 26.7. The lowest BCUT2D eigenvalue weighted by molar-refractivity contribution is -0.122. The molecule has 6 nitrogen and oxygen atoms in total. The second-order valence-corrected chi connectivity index (χ2v) is 8.10. The van der Waals surface area contributed by atoms with E-state index in [4.69, 9.17) is 16.7 Å². The van der Waals surface area contributed by atoms with E-state index in [1.165, 1.54) is 11.8 Å². The number of nitrogens with one attached hydrogen (secondary N) is 1. The Hall–Kier alpha value is -2.45. The highest BCUT2D eigenvalue weighted by Gasteiger charge is 2.31. The summed E-state index contributed by atoms with van der Waals surface area (Å²) < 4.78 is 5.50. The predicted octanol–water partition coefficient (Wildman–Crippen LogP) is 4.38. The fraction of sp³-hybridized carbons (Fsp3) is 0.300. The van der Waals surface area contributed by atoms with Crippen LogP contribution in [0.25, 0.3) is 6.08 Å². The third-order valence-electron chi connectivity index (χ3n) is 4.15. The zero-order chi connectivity index (χ0) is 19.9. The zero-order valence-corrected chi connectivity index (χ0v) is 17.1. The molecule has 0 aliphatic carbocycles. The van der Waals surface area contributed by atoms with Gasteiger partial charge in [0.1, 0.15) is 10.1 Å². The van der Waals surface area contributed by atoms with Gasteiger partial charge in [-0.3, -0.25) is 14.5 Å². The van der Waals surface area contributed by atoms with Gasteiger partial charge in [-0.1, -0.05) is 65.9 Å². The third kappa shape index (κ3) is 5.53. The van der Waals surface area contributed by atoms with E-state index in [1.54, 1.807) is 17.9 Å².